The standard InChI is InChI=1S/C12H23N5O/c1-5-18-12-10(13)11(14-9-15-12)17(4)8-6-7-16(2)3/h9H,5-8,13H2,1-4H3. The first kappa shape index (κ1) is 14.5. The van der Waals surface area contributed by atoms with Gasteiger partial charge in [-0.15, -0.1) is 0 Å². The lowest BCUT2D eigenvalue weighted by molar-refractivity contribution is 0.328. The van der Waals surface area contributed by atoms with Crippen LogP contribution in [0, 0.1) is 0 Å². The minimum Gasteiger partial charge on any atom is -0.476 e. The van der Waals surface area contributed by atoms with E-state index >= 15 is 0 Å². The first-order chi connectivity index (χ1) is 8.56. The average Bonchev–Trinajstić information content (AvgIpc) is 2.31. The van der Waals surface area contributed by atoms with Crippen LogP contribution in [-0.4, -0.2) is 55.7 Å². The van der Waals surface area contributed by atoms with Crippen molar-refractivity contribution in [2.24, 2.45) is 0 Å². The number of nitrogen functional groups attached to an aromatic ring is 1. The Hall–Kier alpha value is -1.56. The zero-order chi connectivity index (χ0) is 13.5. The van der Waals surface area contributed by atoms with Gasteiger partial charge in [0.25, 0.3) is 0 Å². The Morgan fingerprint density at radius 2 is 1.94 bits per heavy atom. The zero-order valence-corrected chi connectivity index (χ0v) is 11.7. The van der Waals surface area contributed by atoms with Crippen molar-refractivity contribution in [3.05, 3.63) is 6.33 Å². The average molecular weight is 253 g/mol. The van der Waals surface area contributed by atoms with Crippen LogP contribution in [0.5, 0.6) is 5.88 Å². The van der Waals surface area contributed by atoms with Crippen LogP contribution in [0.15, 0.2) is 6.33 Å². The van der Waals surface area contributed by atoms with Crippen LogP contribution in [0.1, 0.15) is 13.3 Å². The molecule has 2 N–H and O–H groups in total. The number of ether oxygens (including phenoxy) is 1. The molecule has 0 aliphatic heterocycles. The fourth-order valence-corrected chi connectivity index (χ4v) is 1.66. The highest BCUT2D eigenvalue weighted by Crippen LogP contribution is 2.26. The molecule has 18 heavy (non-hydrogen) atoms. The Kier molecular flexibility index (Phi) is 5.64. The summed E-state index contributed by atoms with van der Waals surface area (Å²) in [6.07, 6.45) is 2.54. The van der Waals surface area contributed by atoms with Crippen molar-refractivity contribution in [1.82, 2.24) is 14.9 Å². The normalized spacial score (nSPS) is 10.7. The maximum Gasteiger partial charge on any atom is 0.242 e. The highest BCUT2D eigenvalue weighted by Gasteiger charge is 2.12. The Bertz CT molecular complexity index is 369. The molecule has 0 saturated carbocycles. The van der Waals surface area contributed by atoms with Crippen LogP contribution in [-0.2, 0) is 0 Å². The van der Waals surface area contributed by atoms with E-state index in [9.17, 15) is 0 Å². The molecule has 0 bridgehead atoms. The van der Waals surface area contributed by atoms with Gasteiger partial charge in [-0.1, -0.05) is 0 Å². The number of anilines is 2. The van der Waals surface area contributed by atoms with E-state index in [1.54, 1.807) is 0 Å². The maximum atomic E-state index is 6.00. The third-order valence-electron chi connectivity index (χ3n) is 2.57. The predicted molar refractivity (Wildman–Crippen MR) is 74.1 cm³/mol. The van der Waals surface area contributed by atoms with Crippen molar-refractivity contribution in [2.45, 2.75) is 13.3 Å². The van der Waals surface area contributed by atoms with E-state index in [1.165, 1.54) is 6.33 Å². The van der Waals surface area contributed by atoms with Crippen molar-refractivity contribution in [1.29, 1.82) is 0 Å². The van der Waals surface area contributed by atoms with Crippen LogP contribution in [0.4, 0.5) is 11.5 Å². The molecule has 0 saturated heterocycles. The van der Waals surface area contributed by atoms with Crippen molar-refractivity contribution < 1.29 is 4.74 Å². The molecule has 0 aliphatic carbocycles. The summed E-state index contributed by atoms with van der Waals surface area (Å²) in [6.45, 7) is 4.38. The highest BCUT2D eigenvalue weighted by molar-refractivity contribution is 5.67. The summed E-state index contributed by atoms with van der Waals surface area (Å²) in [7, 11) is 6.10. The fraction of sp³-hybridized carbons (Fsp3) is 0.667. The Balaban J connectivity index is 2.67. The molecule has 6 heteroatoms. The van der Waals surface area contributed by atoms with Crippen LogP contribution < -0.4 is 15.4 Å². The van der Waals surface area contributed by atoms with Crippen LogP contribution >= 0.6 is 0 Å². The summed E-state index contributed by atoms with van der Waals surface area (Å²) in [6, 6.07) is 0. The summed E-state index contributed by atoms with van der Waals surface area (Å²) in [4.78, 5) is 12.4. The van der Waals surface area contributed by atoms with Gasteiger partial charge in [-0.25, -0.2) is 4.98 Å². The molecule has 0 spiro atoms. The first-order valence-corrected chi connectivity index (χ1v) is 6.15. The number of hydrogen-bond acceptors (Lipinski definition) is 6. The van der Waals surface area contributed by atoms with E-state index < -0.39 is 0 Å². The fourth-order valence-electron chi connectivity index (χ4n) is 1.66. The van der Waals surface area contributed by atoms with E-state index in [-0.39, 0.29) is 0 Å². The third kappa shape index (κ3) is 4.03. The molecule has 1 aromatic rings. The molecule has 0 unspecified atom stereocenters. The van der Waals surface area contributed by atoms with Crippen LogP contribution in [0.25, 0.3) is 0 Å². The molecular weight excluding hydrogens is 230 g/mol. The number of nitrogens with zero attached hydrogens (tertiary/aromatic N) is 4. The van der Waals surface area contributed by atoms with Crippen LogP contribution in [0.2, 0.25) is 0 Å². The van der Waals surface area contributed by atoms with Crippen molar-refractivity contribution >= 4 is 11.5 Å². The van der Waals surface area contributed by atoms with Gasteiger partial charge in [0.15, 0.2) is 5.82 Å². The van der Waals surface area contributed by atoms with Gasteiger partial charge < -0.3 is 20.3 Å². The monoisotopic (exact) mass is 253 g/mol. The SMILES string of the molecule is CCOc1ncnc(N(C)CCCN(C)C)c1N. The van der Waals surface area contributed by atoms with Gasteiger partial charge in [-0.05, 0) is 34.0 Å². The smallest absolute Gasteiger partial charge is 0.242 e. The molecule has 0 radical (unpaired) electrons. The highest BCUT2D eigenvalue weighted by atomic mass is 16.5. The van der Waals surface area contributed by atoms with Crippen molar-refractivity contribution in [2.75, 3.05) is 51.5 Å². The first-order valence-electron chi connectivity index (χ1n) is 6.15. The van der Waals surface area contributed by atoms with E-state index in [2.05, 4.69) is 29.0 Å². The van der Waals surface area contributed by atoms with Gasteiger partial charge in [-0.3, -0.25) is 0 Å². The van der Waals surface area contributed by atoms with E-state index in [4.69, 9.17) is 10.5 Å². The summed E-state index contributed by atoms with van der Waals surface area (Å²) in [5.41, 5.74) is 6.51. The summed E-state index contributed by atoms with van der Waals surface area (Å²) in [5, 5.41) is 0. The van der Waals surface area contributed by atoms with Gasteiger partial charge in [0.1, 0.15) is 12.0 Å². The lowest BCUT2D eigenvalue weighted by atomic mass is 10.3. The van der Waals surface area contributed by atoms with Gasteiger partial charge in [0, 0.05) is 13.6 Å². The second kappa shape index (κ2) is 7.00. The minimum atomic E-state index is 0.460. The van der Waals surface area contributed by atoms with Gasteiger partial charge >= 0.3 is 0 Å². The van der Waals surface area contributed by atoms with Crippen molar-refractivity contribution in [3.8, 4) is 5.88 Å². The molecule has 1 heterocycles. The number of aromatic nitrogens is 2. The molecule has 0 aliphatic rings. The molecule has 0 amide bonds. The largest absolute Gasteiger partial charge is 0.476 e. The molecular formula is C12H23N5O. The molecule has 0 atom stereocenters. The zero-order valence-electron chi connectivity index (χ0n) is 11.7. The number of hydrogen-bond donors (Lipinski definition) is 1. The van der Waals surface area contributed by atoms with E-state index in [0.29, 0.717) is 18.2 Å². The topological polar surface area (TPSA) is 67.5 Å². The maximum absolute atomic E-state index is 6.00. The summed E-state index contributed by atoms with van der Waals surface area (Å²) < 4.78 is 5.36. The van der Waals surface area contributed by atoms with E-state index in [1.807, 2.05) is 18.9 Å². The molecule has 1 rings (SSSR count). The second-order valence-electron chi connectivity index (χ2n) is 4.43. The van der Waals surface area contributed by atoms with Gasteiger partial charge in [0.2, 0.25) is 5.88 Å². The molecule has 0 fully saturated rings. The Labute approximate surface area is 109 Å². The Morgan fingerprint density at radius 1 is 1.22 bits per heavy atom. The van der Waals surface area contributed by atoms with Gasteiger partial charge in [-0.2, -0.15) is 4.98 Å². The minimum absolute atomic E-state index is 0.460. The number of nitrogens with two attached hydrogens (primary N) is 1. The lowest BCUT2D eigenvalue weighted by Gasteiger charge is -2.21. The second-order valence-corrected chi connectivity index (χ2v) is 4.43. The molecule has 102 valence electrons. The lowest BCUT2D eigenvalue weighted by Crippen LogP contribution is -2.25. The number of rotatable bonds is 7. The third-order valence-corrected chi connectivity index (χ3v) is 2.57. The van der Waals surface area contributed by atoms with Crippen LogP contribution in [0.3, 0.4) is 0 Å². The molecule has 0 aromatic carbocycles. The molecule has 6 nitrogen and oxygen atoms in total. The van der Waals surface area contributed by atoms with Gasteiger partial charge in [0.05, 0.1) is 6.61 Å². The quantitative estimate of drug-likeness (QED) is 0.777. The Morgan fingerprint density at radius 3 is 2.56 bits per heavy atom. The predicted octanol–water partition coefficient (Wildman–Crippen LogP) is 0.845. The molecule has 1 aromatic heterocycles. The van der Waals surface area contributed by atoms with Crippen molar-refractivity contribution in [3.63, 3.8) is 0 Å². The van der Waals surface area contributed by atoms with E-state index in [0.717, 1.165) is 25.3 Å². The summed E-state index contributed by atoms with van der Waals surface area (Å²) >= 11 is 0. The summed E-state index contributed by atoms with van der Waals surface area (Å²) in [5.74, 6) is 1.19.